The lowest BCUT2D eigenvalue weighted by Crippen LogP contribution is -2.46. The van der Waals surface area contributed by atoms with Crippen LogP contribution < -0.4 is 5.32 Å². The van der Waals surface area contributed by atoms with Crippen LogP contribution in [-0.2, 0) is 9.59 Å². The van der Waals surface area contributed by atoms with Gasteiger partial charge in [-0.3, -0.25) is 9.59 Å². The van der Waals surface area contributed by atoms with E-state index in [1.54, 1.807) is 4.90 Å². The third-order valence-corrected chi connectivity index (χ3v) is 4.38. The van der Waals surface area contributed by atoms with Gasteiger partial charge in [0.25, 0.3) is 0 Å². The highest BCUT2D eigenvalue weighted by atomic mass is 16.2. The smallest absolute Gasteiger partial charge is 0.311 e. The summed E-state index contributed by atoms with van der Waals surface area (Å²) >= 11 is 0. The van der Waals surface area contributed by atoms with Crippen molar-refractivity contribution in [1.29, 1.82) is 0 Å². The minimum absolute atomic E-state index is 0.352. The lowest BCUT2D eigenvalue weighted by Gasteiger charge is -2.29. The van der Waals surface area contributed by atoms with Gasteiger partial charge >= 0.3 is 11.8 Å². The Balaban J connectivity index is 1.68. The molecule has 20 heavy (non-hydrogen) atoms. The molecule has 0 aromatic rings. The fraction of sp³-hybridized carbons (Fsp3) is 0.750. The Morgan fingerprint density at radius 2 is 2.05 bits per heavy atom. The molecule has 1 N–H and O–H groups in total. The maximum atomic E-state index is 12.0. The number of rotatable bonds is 3. The molecule has 1 aliphatic heterocycles. The minimum Gasteiger partial charge on any atom is -0.348 e. The van der Waals surface area contributed by atoms with Crippen LogP contribution in [0, 0.1) is 5.92 Å². The Kier molecular flexibility index (Phi) is 5.62. The van der Waals surface area contributed by atoms with Crippen LogP contribution in [0.25, 0.3) is 0 Å². The van der Waals surface area contributed by atoms with Crippen LogP contribution in [0.1, 0.15) is 51.9 Å². The van der Waals surface area contributed by atoms with Gasteiger partial charge in [-0.1, -0.05) is 18.6 Å². The van der Waals surface area contributed by atoms with E-state index in [2.05, 4.69) is 18.3 Å². The summed E-state index contributed by atoms with van der Waals surface area (Å²) in [7, 11) is 0. The topological polar surface area (TPSA) is 49.4 Å². The van der Waals surface area contributed by atoms with Gasteiger partial charge in [-0.25, -0.2) is 0 Å². The Morgan fingerprint density at radius 1 is 1.30 bits per heavy atom. The number of carbonyl (C=O) groups excluding carboxylic acids is 2. The standard InChI is InChI=1S/C16H26N2O2/c1-13-8-11-18(12-9-13)16(20)15(19)17-10-7-14-5-3-2-4-6-14/h5,13H,2-4,6-12H2,1H3,(H,17,19). The molecule has 0 aromatic heterocycles. The molecule has 2 aliphatic rings. The SMILES string of the molecule is CC1CCN(C(=O)C(=O)NCCC2=CCCCC2)CC1. The predicted octanol–water partition coefficient (Wildman–Crippen LogP) is 2.25. The molecule has 1 saturated heterocycles. The highest BCUT2D eigenvalue weighted by Gasteiger charge is 2.25. The molecule has 4 nitrogen and oxygen atoms in total. The summed E-state index contributed by atoms with van der Waals surface area (Å²) in [5, 5.41) is 2.77. The fourth-order valence-electron chi connectivity index (χ4n) is 2.90. The van der Waals surface area contributed by atoms with Crippen molar-refractivity contribution in [3.05, 3.63) is 11.6 Å². The van der Waals surface area contributed by atoms with E-state index in [9.17, 15) is 9.59 Å². The van der Waals surface area contributed by atoms with Crippen LogP contribution in [-0.4, -0.2) is 36.3 Å². The van der Waals surface area contributed by atoms with Crippen molar-refractivity contribution in [2.45, 2.75) is 51.9 Å². The first-order valence-electron chi connectivity index (χ1n) is 7.92. The second-order valence-electron chi connectivity index (χ2n) is 6.09. The first-order chi connectivity index (χ1) is 9.66. The van der Waals surface area contributed by atoms with E-state index in [4.69, 9.17) is 0 Å². The van der Waals surface area contributed by atoms with Gasteiger partial charge in [-0.15, -0.1) is 0 Å². The first kappa shape index (κ1) is 15.1. The first-order valence-corrected chi connectivity index (χ1v) is 7.92. The van der Waals surface area contributed by atoms with Crippen LogP contribution >= 0.6 is 0 Å². The molecule has 0 atom stereocenters. The highest BCUT2D eigenvalue weighted by Crippen LogP contribution is 2.19. The van der Waals surface area contributed by atoms with Crippen molar-refractivity contribution in [2.75, 3.05) is 19.6 Å². The van der Waals surface area contributed by atoms with Gasteiger partial charge < -0.3 is 10.2 Å². The summed E-state index contributed by atoms with van der Waals surface area (Å²) in [6.45, 7) is 4.22. The zero-order chi connectivity index (χ0) is 14.4. The molecule has 1 aliphatic carbocycles. The maximum absolute atomic E-state index is 12.0. The largest absolute Gasteiger partial charge is 0.348 e. The van der Waals surface area contributed by atoms with Gasteiger partial charge in [0.2, 0.25) is 0 Å². The van der Waals surface area contributed by atoms with Crippen molar-refractivity contribution >= 4 is 11.8 Å². The van der Waals surface area contributed by atoms with E-state index >= 15 is 0 Å². The lowest BCUT2D eigenvalue weighted by atomic mass is 9.97. The Hall–Kier alpha value is -1.32. The summed E-state index contributed by atoms with van der Waals surface area (Å²) in [4.78, 5) is 25.5. The number of hydrogen-bond donors (Lipinski definition) is 1. The lowest BCUT2D eigenvalue weighted by molar-refractivity contribution is -0.146. The predicted molar refractivity (Wildman–Crippen MR) is 79.2 cm³/mol. The minimum atomic E-state index is -0.434. The Bertz CT molecular complexity index is 382. The molecule has 0 radical (unpaired) electrons. The Morgan fingerprint density at radius 3 is 2.70 bits per heavy atom. The molecule has 2 rings (SSSR count). The molecular formula is C16H26N2O2. The molecule has 1 fully saturated rings. The van der Waals surface area contributed by atoms with Gasteiger partial charge in [0, 0.05) is 19.6 Å². The second kappa shape index (κ2) is 7.46. The number of amides is 2. The molecule has 112 valence electrons. The number of piperidine rings is 1. The molecule has 1 heterocycles. The fourth-order valence-corrected chi connectivity index (χ4v) is 2.90. The van der Waals surface area contributed by atoms with E-state index in [1.807, 2.05) is 0 Å². The van der Waals surface area contributed by atoms with Crippen LogP contribution in [0.3, 0.4) is 0 Å². The van der Waals surface area contributed by atoms with E-state index in [-0.39, 0.29) is 5.91 Å². The van der Waals surface area contributed by atoms with Gasteiger partial charge in [0.1, 0.15) is 0 Å². The van der Waals surface area contributed by atoms with E-state index < -0.39 is 5.91 Å². The Labute approximate surface area is 121 Å². The summed E-state index contributed by atoms with van der Waals surface area (Å²) in [6.07, 6.45) is 10.0. The van der Waals surface area contributed by atoms with Gasteiger partial charge in [-0.2, -0.15) is 0 Å². The summed E-state index contributed by atoms with van der Waals surface area (Å²) in [6, 6.07) is 0. The normalized spacial score (nSPS) is 20.4. The van der Waals surface area contributed by atoms with E-state index in [1.165, 1.54) is 18.4 Å². The number of allylic oxidation sites excluding steroid dienone is 1. The maximum Gasteiger partial charge on any atom is 0.311 e. The molecule has 2 amide bonds. The zero-order valence-electron chi connectivity index (χ0n) is 12.5. The molecule has 0 aromatic carbocycles. The summed E-state index contributed by atoms with van der Waals surface area (Å²) in [5.41, 5.74) is 1.43. The summed E-state index contributed by atoms with van der Waals surface area (Å²) in [5.74, 6) is -0.120. The van der Waals surface area contributed by atoms with Crippen LogP contribution in [0.5, 0.6) is 0 Å². The average molecular weight is 278 g/mol. The van der Waals surface area contributed by atoms with Crippen molar-refractivity contribution in [1.82, 2.24) is 10.2 Å². The van der Waals surface area contributed by atoms with Crippen LogP contribution in [0.4, 0.5) is 0 Å². The van der Waals surface area contributed by atoms with Gasteiger partial charge in [-0.05, 0) is 50.9 Å². The van der Waals surface area contributed by atoms with Gasteiger partial charge in [0.15, 0.2) is 0 Å². The van der Waals surface area contributed by atoms with Crippen molar-refractivity contribution in [3.63, 3.8) is 0 Å². The van der Waals surface area contributed by atoms with Crippen molar-refractivity contribution in [2.24, 2.45) is 5.92 Å². The molecule has 0 spiro atoms. The van der Waals surface area contributed by atoms with E-state index in [0.29, 0.717) is 12.5 Å². The highest BCUT2D eigenvalue weighted by molar-refractivity contribution is 6.35. The number of carbonyl (C=O) groups is 2. The average Bonchev–Trinajstić information content (AvgIpc) is 2.48. The quantitative estimate of drug-likeness (QED) is 0.636. The number of hydrogen-bond acceptors (Lipinski definition) is 2. The third-order valence-electron chi connectivity index (χ3n) is 4.38. The number of nitrogens with one attached hydrogen (secondary N) is 1. The van der Waals surface area contributed by atoms with E-state index in [0.717, 1.165) is 45.2 Å². The zero-order valence-corrected chi connectivity index (χ0v) is 12.5. The number of likely N-dealkylation sites (tertiary alicyclic amines) is 1. The number of nitrogens with zero attached hydrogens (tertiary/aromatic N) is 1. The van der Waals surface area contributed by atoms with Crippen LogP contribution in [0.15, 0.2) is 11.6 Å². The molecular weight excluding hydrogens is 252 g/mol. The molecule has 0 bridgehead atoms. The van der Waals surface area contributed by atoms with Crippen molar-refractivity contribution < 1.29 is 9.59 Å². The molecule has 0 unspecified atom stereocenters. The van der Waals surface area contributed by atoms with Crippen LogP contribution in [0.2, 0.25) is 0 Å². The monoisotopic (exact) mass is 278 g/mol. The molecule has 4 heteroatoms. The van der Waals surface area contributed by atoms with Gasteiger partial charge in [0.05, 0.1) is 0 Å². The molecule has 0 saturated carbocycles. The summed E-state index contributed by atoms with van der Waals surface area (Å²) < 4.78 is 0. The second-order valence-corrected chi connectivity index (χ2v) is 6.09. The third kappa shape index (κ3) is 4.36. The van der Waals surface area contributed by atoms with Crippen molar-refractivity contribution in [3.8, 4) is 0 Å².